The highest BCUT2D eigenvalue weighted by molar-refractivity contribution is 5.55. The average Bonchev–Trinajstić information content (AvgIpc) is 1.97. The van der Waals surface area contributed by atoms with Crippen LogP contribution in [0.25, 0.3) is 0 Å². The smallest absolute Gasteiger partial charge is 0.118 e. The second-order valence-electron chi connectivity index (χ2n) is 2.05. The molecule has 3 heteroatoms. The number of oxime groups is 1. The van der Waals surface area contributed by atoms with Gasteiger partial charge in [0.25, 0.3) is 0 Å². The fourth-order valence-corrected chi connectivity index (χ4v) is 0.435. The van der Waals surface area contributed by atoms with Gasteiger partial charge in [-0.05, 0) is 19.4 Å². The molecule has 0 spiro atoms. The Hall–Kier alpha value is -0.570. The van der Waals surface area contributed by atoms with Crippen molar-refractivity contribution in [3.63, 3.8) is 0 Å². The third-order valence-electron chi connectivity index (χ3n) is 1.01. The first-order valence-electron chi connectivity index (χ1n) is 3.75. The van der Waals surface area contributed by atoms with Gasteiger partial charge in [0.1, 0.15) is 6.61 Å². The first-order valence-corrected chi connectivity index (χ1v) is 3.75. The van der Waals surface area contributed by atoms with E-state index in [0.29, 0.717) is 13.2 Å². The van der Waals surface area contributed by atoms with E-state index >= 15 is 0 Å². The quantitative estimate of drug-likeness (QED) is 0.345. The third kappa shape index (κ3) is 7.43. The van der Waals surface area contributed by atoms with Gasteiger partial charge in [-0.25, -0.2) is 0 Å². The molecular weight excluding hydrogens is 128 g/mol. The topological polar surface area (TPSA) is 47.6 Å². The maximum Gasteiger partial charge on any atom is 0.118 e. The van der Waals surface area contributed by atoms with Crippen LogP contribution in [-0.4, -0.2) is 19.4 Å². The normalized spacial score (nSPS) is 10.6. The van der Waals surface area contributed by atoms with E-state index in [1.165, 1.54) is 0 Å². The van der Waals surface area contributed by atoms with Crippen molar-refractivity contribution < 1.29 is 4.84 Å². The summed E-state index contributed by atoms with van der Waals surface area (Å²) in [6.45, 7) is 3.41. The molecule has 0 bridgehead atoms. The van der Waals surface area contributed by atoms with Gasteiger partial charge in [0.2, 0.25) is 0 Å². The molecule has 2 N–H and O–H groups in total. The lowest BCUT2D eigenvalue weighted by molar-refractivity contribution is 0.144. The maximum absolute atomic E-state index is 5.24. The summed E-state index contributed by atoms with van der Waals surface area (Å²) in [5, 5.41) is 3.72. The Morgan fingerprint density at radius 2 is 2.40 bits per heavy atom. The van der Waals surface area contributed by atoms with Crippen molar-refractivity contribution in [1.29, 1.82) is 0 Å². The van der Waals surface area contributed by atoms with Crippen LogP contribution >= 0.6 is 0 Å². The molecule has 0 aliphatic rings. The van der Waals surface area contributed by atoms with Crippen molar-refractivity contribution in [3.05, 3.63) is 0 Å². The third-order valence-corrected chi connectivity index (χ3v) is 1.01. The molecule has 0 aliphatic carbocycles. The minimum Gasteiger partial charge on any atom is -0.396 e. The Morgan fingerprint density at radius 3 is 3.00 bits per heavy atom. The predicted octanol–water partition coefficient (Wildman–Crippen LogP) is 1.14. The second kappa shape index (κ2) is 8.43. The van der Waals surface area contributed by atoms with Gasteiger partial charge in [-0.1, -0.05) is 18.5 Å². The van der Waals surface area contributed by atoms with E-state index < -0.39 is 0 Å². The van der Waals surface area contributed by atoms with Crippen LogP contribution in [0.4, 0.5) is 0 Å². The van der Waals surface area contributed by atoms with Crippen molar-refractivity contribution in [2.45, 2.75) is 26.2 Å². The summed E-state index contributed by atoms with van der Waals surface area (Å²) in [7, 11) is 0. The lowest BCUT2D eigenvalue weighted by Gasteiger charge is -1.94. The van der Waals surface area contributed by atoms with Crippen LogP contribution in [0.15, 0.2) is 5.16 Å². The first-order chi connectivity index (χ1) is 4.91. The minimum absolute atomic E-state index is 0.636. The van der Waals surface area contributed by atoms with Crippen molar-refractivity contribution in [3.8, 4) is 0 Å². The average molecular weight is 144 g/mol. The van der Waals surface area contributed by atoms with E-state index in [0.717, 1.165) is 19.3 Å². The Labute approximate surface area is 62.2 Å². The van der Waals surface area contributed by atoms with E-state index in [9.17, 15) is 0 Å². The van der Waals surface area contributed by atoms with E-state index in [1.54, 1.807) is 6.21 Å². The lowest BCUT2D eigenvalue weighted by Crippen LogP contribution is -2.01. The molecule has 0 atom stereocenters. The molecule has 0 aromatic rings. The molecular formula is C7H16N2O. The summed E-state index contributed by atoms with van der Waals surface area (Å²) in [6.07, 6.45) is 4.77. The van der Waals surface area contributed by atoms with Crippen molar-refractivity contribution >= 4 is 6.21 Å². The Morgan fingerprint density at radius 1 is 1.60 bits per heavy atom. The largest absolute Gasteiger partial charge is 0.396 e. The van der Waals surface area contributed by atoms with E-state index in [4.69, 9.17) is 10.6 Å². The van der Waals surface area contributed by atoms with Gasteiger partial charge in [-0.2, -0.15) is 0 Å². The van der Waals surface area contributed by atoms with Gasteiger partial charge in [0.05, 0.1) is 0 Å². The Balaban J connectivity index is 2.88. The Kier molecular flexibility index (Phi) is 7.95. The minimum atomic E-state index is 0.636. The highest BCUT2D eigenvalue weighted by atomic mass is 16.6. The van der Waals surface area contributed by atoms with E-state index in [2.05, 4.69) is 12.1 Å². The first kappa shape index (κ1) is 9.43. The van der Waals surface area contributed by atoms with Crippen LogP contribution < -0.4 is 5.73 Å². The molecule has 60 valence electrons. The number of unbranched alkanes of at least 4 members (excludes halogenated alkanes) is 1. The monoisotopic (exact) mass is 144 g/mol. The molecule has 0 aromatic heterocycles. The molecule has 0 radical (unpaired) electrons. The zero-order valence-corrected chi connectivity index (χ0v) is 6.55. The van der Waals surface area contributed by atoms with Crippen LogP contribution in [0.2, 0.25) is 0 Å². The SMILES string of the molecule is CCC/C=N/OCCCN. The van der Waals surface area contributed by atoms with Crippen LogP contribution in [0.1, 0.15) is 26.2 Å². The number of rotatable bonds is 6. The fourth-order valence-electron chi connectivity index (χ4n) is 0.435. The fraction of sp³-hybridized carbons (Fsp3) is 0.857. The van der Waals surface area contributed by atoms with Gasteiger partial charge in [-0.3, -0.25) is 0 Å². The standard InChI is InChI=1S/C7H16N2O/c1-2-3-6-9-10-7-4-5-8/h6H,2-5,7-8H2,1H3/b9-6+. The van der Waals surface area contributed by atoms with Crippen LogP contribution in [0.3, 0.4) is 0 Å². The van der Waals surface area contributed by atoms with E-state index in [1.807, 2.05) is 0 Å². The van der Waals surface area contributed by atoms with Crippen molar-refractivity contribution in [2.75, 3.05) is 13.2 Å². The number of nitrogens with zero attached hydrogens (tertiary/aromatic N) is 1. The second-order valence-corrected chi connectivity index (χ2v) is 2.05. The lowest BCUT2D eigenvalue weighted by atomic mass is 10.4. The van der Waals surface area contributed by atoms with Crippen molar-refractivity contribution in [1.82, 2.24) is 0 Å². The van der Waals surface area contributed by atoms with Crippen molar-refractivity contribution in [2.24, 2.45) is 10.9 Å². The molecule has 3 nitrogen and oxygen atoms in total. The maximum atomic E-state index is 5.24. The zero-order chi connectivity index (χ0) is 7.66. The van der Waals surface area contributed by atoms with E-state index in [-0.39, 0.29) is 0 Å². The summed E-state index contributed by atoms with van der Waals surface area (Å²) in [5.41, 5.74) is 5.24. The molecule has 10 heavy (non-hydrogen) atoms. The molecule has 0 unspecified atom stereocenters. The number of hydrogen-bond acceptors (Lipinski definition) is 3. The number of hydrogen-bond donors (Lipinski definition) is 1. The molecule has 0 aliphatic heterocycles. The summed E-state index contributed by atoms with van der Waals surface area (Å²) < 4.78 is 0. The molecule has 0 rings (SSSR count). The van der Waals surface area contributed by atoms with Crippen LogP contribution in [0.5, 0.6) is 0 Å². The number of nitrogens with two attached hydrogens (primary N) is 1. The van der Waals surface area contributed by atoms with Crippen LogP contribution in [0, 0.1) is 0 Å². The molecule has 0 saturated carbocycles. The predicted molar refractivity (Wildman–Crippen MR) is 43.0 cm³/mol. The zero-order valence-electron chi connectivity index (χ0n) is 6.55. The summed E-state index contributed by atoms with van der Waals surface area (Å²) in [6, 6.07) is 0. The molecule has 0 fully saturated rings. The molecule has 0 heterocycles. The van der Waals surface area contributed by atoms with Gasteiger partial charge in [-0.15, -0.1) is 0 Å². The van der Waals surface area contributed by atoms with Gasteiger partial charge < -0.3 is 10.6 Å². The summed E-state index contributed by atoms with van der Waals surface area (Å²) >= 11 is 0. The molecule has 0 saturated heterocycles. The van der Waals surface area contributed by atoms with Crippen LogP contribution in [-0.2, 0) is 4.84 Å². The van der Waals surface area contributed by atoms with Gasteiger partial charge in [0, 0.05) is 6.21 Å². The highest BCUT2D eigenvalue weighted by Gasteiger charge is 1.80. The van der Waals surface area contributed by atoms with Gasteiger partial charge in [0.15, 0.2) is 0 Å². The van der Waals surface area contributed by atoms with Gasteiger partial charge >= 0.3 is 0 Å². The highest BCUT2D eigenvalue weighted by Crippen LogP contribution is 1.83. The summed E-state index contributed by atoms with van der Waals surface area (Å²) in [5.74, 6) is 0. The Bertz CT molecular complexity index is 83.7. The molecule has 0 amide bonds. The summed E-state index contributed by atoms with van der Waals surface area (Å²) in [4.78, 5) is 4.87. The molecule has 0 aromatic carbocycles.